The van der Waals surface area contributed by atoms with Crippen LogP contribution in [0.25, 0.3) is 0 Å². The Hall–Kier alpha value is -1.62. The minimum Gasteiger partial charge on any atom is -0.354 e. The molecular formula is C19H29N3O2. The summed E-state index contributed by atoms with van der Waals surface area (Å²) in [6.07, 6.45) is 6.40. The summed E-state index contributed by atoms with van der Waals surface area (Å²) >= 11 is 0. The molecule has 3 rings (SSSR count). The minimum absolute atomic E-state index is 0.0329. The van der Waals surface area contributed by atoms with Crippen molar-refractivity contribution in [2.45, 2.75) is 71.4 Å². The van der Waals surface area contributed by atoms with Gasteiger partial charge in [-0.1, -0.05) is 19.8 Å². The Morgan fingerprint density at radius 3 is 2.75 bits per heavy atom. The first-order valence-electron chi connectivity index (χ1n) is 9.30. The van der Waals surface area contributed by atoms with Gasteiger partial charge in [-0.05, 0) is 51.6 Å². The molecule has 0 unspecified atom stereocenters. The molecule has 5 heteroatoms. The van der Waals surface area contributed by atoms with Crippen LogP contribution in [-0.4, -0.2) is 46.7 Å². The normalized spacial score (nSPS) is 24.0. The van der Waals surface area contributed by atoms with E-state index in [0.717, 1.165) is 43.6 Å². The van der Waals surface area contributed by atoms with Gasteiger partial charge in [0.1, 0.15) is 5.69 Å². The molecule has 1 amide bonds. The lowest BCUT2D eigenvalue weighted by molar-refractivity contribution is 0.0909. The van der Waals surface area contributed by atoms with Crippen LogP contribution >= 0.6 is 0 Å². The second-order valence-corrected chi connectivity index (χ2v) is 7.25. The van der Waals surface area contributed by atoms with E-state index in [4.69, 9.17) is 0 Å². The summed E-state index contributed by atoms with van der Waals surface area (Å²) in [6.45, 7) is 7.78. The van der Waals surface area contributed by atoms with Crippen molar-refractivity contribution >= 4 is 11.7 Å². The number of hydrogen-bond donors (Lipinski definition) is 2. The minimum atomic E-state index is -0.0496. The molecule has 2 atom stereocenters. The number of hydrogen-bond acceptors (Lipinski definition) is 3. The lowest BCUT2D eigenvalue weighted by Crippen LogP contribution is -2.47. The zero-order chi connectivity index (χ0) is 17.3. The molecule has 2 aliphatic rings. The van der Waals surface area contributed by atoms with Gasteiger partial charge in [-0.3, -0.25) is 14.5 Å². The number of H-pyrrole nitrogens is 1. The fourth-order valence-corrected chi connectivity index (χ4v) is 4.50. The van der Waals surface area contributed by atoms with E-state index in [1.165, 1.54) is 19.3 Å². The van der Waals surface area contributed by atoms with Crippen molar-refractivity contribution in [1.29, 1.82) is 0 Å². The van der Waals surface area contributed by atoms with Gasteiger partial charge in [0, 0.05) is 29.9 Å². The molecule has 0 saturated carbocycles. The smallest absolute Gasteiger partial charge is 0.268 e. The molecule has 1 aromatic heterocycles. The fourth-order valence-electron chi connectivity index (χ4n) is 4.50. The SMILES string of the molecule is CCCc1c(C(=O)N[C@H]2CCN3CCCC[C@@H]23)[nH]c(C)c1C(C)=O. The Morgan fingerprint density at radius 1 is 1.25 bits per heavy atom. The quantitative estimate of drug-likeness (QED) is 0.816. The fraction of sp³-hybridized carbons (Fsp3) is 0.684. The van der Waals surface area contributed by atoms with E-state index in [1.807, 2.05) is 6.92 Å². The molecule has 24 heavy (non-hydrogen) atoms. The summed E-state index contributed by atoms with van der Waals surface area (Å²) in [4.78, 5) is 30.6. The van der Waals surface area contributed by atoms with Crippen molar-refractivity contribution in [3.63, 3.8) is 0 Å². The first-order chi connectivity index (χ1) is 11.5. The number of carbonyl (C=O) groups is 2. The summed E-state index contributed by atoms with van der Waals surface area (Å²) in [5, 5.41) is 3.25. The average Bonchev–Trinajstić information content (AvgIpc) is 3.09. The summed E-state index contributed by atoms with van der Waals surface area (Å²) in [7, 11) is 0. The van der Waals surface area contributed by atoms with Gasteiger partial charge >= 0.3 is 0 Å². The van der Waals surface area contributed by atoms with Crippen LogP contribution in [0.3, 0.4) is 0 Å². The monoisotopic (exact) mass is 331 g/mol. The highest BCUT2D eigenvalue weighted by Crippen LogP contribution is 2.28. The summed E-state index contributed by atoms with van der Waals surface area (Å²) in [5.41, 5.74) is 2.99. The summed E-state index contributed by atoms with van der Waals surface area (Å²) in [6, 6.07) is 0.720. The van der Waals surface area contributed by atoms with Crippen molar-refractivity contribution in [3.8, 4) is 0 Å². The zero-order valence-corrected chi connectivity index (χ0v) is 15.1. The van der Waals surface area contributed by atoms with Crippen LogP contribution in [0, 0.1) is 6.92 Å². The highest BCUT2D eigenvalue weighted by Gasteiger charge is 2.37. The molecule has 1 aromatic rings. The Bertz CT molecular complexity index is 635. The van der Waals surface area contributed by atoms with E-state index in [0.29, 0.717) is 17.3 Å². The van der Waals surface area contributed by atoms with E-state index in [9.17, 15) is 9.59 Å². The lowest BCUT2D eigenvalue weighted by Gasteiger charge is -2.32. The number of Topliss-reactive ketones (excluding diaryl/α,β-unsaturated/α-hetero) is 1. The Morgan fingerprint density at radius 2 is 2.04 bits per heavy atom. The predicted molar refractivity (Wildman–Crippen MR) is 94.6 cm³/mol. The molecule has 0 aliphatic carbocycles. The highest BCUT2D eigenvalue weighted by atomic mass is 16.2. The lowest BCUT2D eigenvalue weighted by atomic mass is 9.98. The molecule has 0 spiro atoms. The number of nitrogens with zero attached hydrogens (tertiary/aromatic N) is 1. The average molecular weight is 331 g/mol. The molecular weight excluding hydrogens is 302 g/mol. The largest absolute Gasteiger partial charge is 0.354 e. The number of rotatable bonds is 5. The van der Waals surface area contributed by atoms with Crippen molar-refractivity contribution in [1.82, 2.24) is 15.2 Å². The van der Waals surface area contributed by atoms with Gasteiger partial charge in [0.05, 0.1) is 0 Å². The molecule has 0 aromatic carbocycles. The van der Waals surface area contributed by atoms with E-state index < -0.39 is 0 Å². The van der Waals surface area contributed by atoms with Crippen molar-refractivity contribution in [2.75, 3.05) is 13.1 Å². The topological polar surface area (TPSA) is 65.2 Å². The molecule has 0 radical (unpaired) electrons. The number of ketones is 1. The van der Waals surface area contributed by atoms with E-state index >= 15 is 0 Å². The molecule has 2 saturated heterocycles. The number of aromatic amines is 1. The van der Waals surface area contributed by atoms with Gasteiger partial charge in [0.15, 0.2) is 5.78 Å². The standard InChI is InChI=1S/C19H29N3O2/c1-4-7-14-17(13(3)23)12(2)20-18(14)19(24)21-15-9-11-22-10-6-5-8-16(15)22/h15-16,20H,4-11H2,1-3H3,(H,21,24)/t15-,16-/m0/s1. The number of fused-ring (bicyclic) bond motifs is 1. The molecule has 0 bridgehead atoms. The number of carbonyl (C=O) groups excluding carboxylic acids is 2. The van der Waals surface area contributed by atoms with Gasteiger partial charge < -0.3 is 10.3 Å². The maximum Gasteiger partial charge on any atom is 0.268 e. The maximum absolute atomic E-state index is 12.9. The third-order valence-electron chi connectivity index (χ3n) is 5.54. The molecule has 2 aliphatic heterocycles. The van der Waals surface area contributed by atoms with Gasteiger partial charge in [-0.25, -0.2) is 0 Å². The van der Waals surface area contributed by atoms with Crippen LogP contribution in [0.1, 0.15) is 78.1 Å². The highest BCUT2D eigenvalue weighted by molar-refractivity contribution is 6.02. The summed E-state index contributed by atoms with van der Waals surface area (Å²) in [5.74, 6) is -0.0166. The molecule has 2 N–H and O–H groups in total. The number of aryl methyl sites for hydroxylation is 1. The van der Waals surface area contributed by atoms with E-state index in [-0.39, 0.29) is 17.7 Å². The van der Waals surface area contributed by atoms with Crippen LogP contribution in [0.4, 0.5) is 0 Å². The second-order valence-electron chi connectivity index (χ2n) is 7.25. The van der Waals surface area contributed by atoms with Crippen LogP contribution < -0.4 is 5.32 Å². The zero-order valence-electron chi connectivity index (χ0n) is 15.1. The maximum atomic E-state index is 12.9. The van der Waals surface area contributed by atoms with Crippen molar-refractivity contribution < 1.29 is 9.59 Å². The second kappa shape index (κ2) is 7.09. The number of nitrogens with one attached hydrogen (secondary N) is 2. The van der Waals surface area contributed by atoms with E-state index in [1.54, 1.807) is 6.92 Å². The number of piperidine rings is 1. The Kier molecular flexibility index (Phi) is 5.09. The first-order valence-corrected chi connectivity index (χ1v) is 9.30. The molecule has 5 nitrogen and oxygen atoms in total. The predicted octanol–water partition coefficient (Wildman–Crippen LogP) is 2.83. The van der Waals surface area contributed by atoms with E-state index in [2.05, 4.69) is 22.1 Å². The van der Waals surface area contributed by atoms with Crippen LogP contribution in [0.5, 0.6) is 0 Å². The molecule has 132 valence electrons. The Balaban J connectivity index is 1.80. The molecule has 3 heterocycles. The van der Waals surface area contributed by atoms with Crippen LogP contribution in [-0.2, 0) is 6.42 Å². The van der Waals surface area contributed by atoms with Gasteiger partial charge in [0.2, 0.25) is 0 Å². The van der Waals surface area contributed by atoms with Crippen molar-refractivity contribution in [2.24, 2.45) is 0 Å². The first kappa shape index (κ1) is 17.2. The van der Waals surface area contributed by atoms with Gasteiger partial charge in [-0.2, -0.15) is 0 Å². The third kappa shape index (κ3) is 3.14. The number of aromatic nitrogens is 1. The van der Waals surface area contributed by atoms with Crippen LogP contribution in [0.15, 0.2) is 0 Å². The summed E-state index contributed by atoms with van der Waals surface area (Å²) < 4.78 is 0. The molecule has 2 fully saturated rings. The third-order valence-corrected chi connectivity index (χ3v) is 5.54. The van der Waals surface area contributed by atoms with Crippen LogP contribution in [0.2, 0.25) is 0 Å². The van der Waals surface area contributed by atoms with Crippen molar-refractivity contribution in [3.05, 3.63) is 22.5 Å². The van der Waals surface area contributed by atoms with Gasteiger partial charge in [0.25, 0.3) is 5.91 Å². The Labute approximate surface area is 144 Å². The van der Waals surface area contributed by atoms with Gasteiger partial charge in [-0.15, -0.1) is 0 Å². The number of amides is 1.